The van der Waals surface area contributed by atoms with Crippen LogP contribution in [0.1, 0.15) is 27.7 Å². The molecule has 4 nitrogen and oxygen atoms in total. The van der Waals surface area contributed by atoms with Gasteiger partial charge in [0.05, 0.1) is 6.04 Å². The van der Waals surface area contributed by atoms with Crippen molar-refractivity contribution < 1.29 is 23.4 Å². The Morgan fingerprint density at radius 2 is 1.87 bits per heavy atom. The molecule has 0 fully saturated rings. The van der Waals surface area contributed by atoms with Crippen molar-refractivity contribution in [1.29, 1.82) is 0 Å². The van der Waals surface area contributed by atoms with Gasteiger partial charge in [0.15, 0.2) is 0 Å². The average molecular weight is 225 g/mol. The third-order valence-electron chi connectivity index (χ3n) is 1.51. The Kier molecular flexibility index (Phi) is 4.93. The van der Waals surface area contributed by atoms with Crippen molar-refractivity contribution in [2.24, 2.45) is 0 Å². The number of alkyl halides is 2. The summed E-state index contributed by atoms with van der Waals surface area (Å²) >= 11 is 0. The third kappa shape index (κ3) is 6.22. The first kappa shape index (κ1) is 14.1. The maximum atomic E-state index is 12.0. The van der Waals surface area contributed by atoms with Gasteiger partial charge in [0.25, 0.3) is 6.43 Å². The third-order valence-corrected chi connectivity index (χ3v) is 1.51. The van der Waals surface area contributed by atoms with Crippen molar-refractivity contribution in [1.82, 2.24) is 5.32 Å². The van der Waals surface area contributed by atoms with E-state index in [1.807, 2.05) is 0 Å². The number of carbonyl (C=O) groups is 1. The van der Waals surface area contributed by atoms with Gasteiger partial charge in [-0.25, -0.2) is 13.6 Å². The summed E-state index contributed by atoms with van der Waals surface area (Å²) < 4.78 is 28.9. The summed E-state index contributed by atoms with van der Waals surface area (Å²) in [5, 5.41) is 11.0. The lowest BCUT2D eigenvalue weighted by Gasteiger charge is -2.23. The quantitative estimate of drug-likeness (QED) is 0.765. The van der Waals surface area contributed by atoms with Crippen molar-refractivity contribution in [3.05, 3.63) is 0 Å². The number of carbonyl (C=O) groups excluding carboxylic acids is 1. The molecule has 0 aliphatic rings. The summed E-state index contributed by atoms with van der Waals surface area (Å²) in [5.41, 5.74) is -0.695. The molecule has 0 rings (SSSR count). The zero-order valence-electron chi connectivity index (χ0n) is 9.25. The molecule has 0 bridgehead atoms. The first-order valence-electron chi connectivity index (χ1n) is 4.59. The standard InChI is InChI=1S/C9H17F2NO3/c1-5(6(13)7(10)11)12-8(14)15-9(2,3)4/h5-7,13H,1-4H3,(H,12,14). The van der Waals surface area contributed by atoms with Gasteiger partial charge in [-0.05, 0) is 27.7 Å². The fourth-order valence-corrected chi connectivity index (χ4v) is 0.797. The molecule has 2 N–H and O–H groups in total. The number of hydrogen-bond acceptors (Lipinski definition) is 3. The molecule has 0 aromatic heterocycles. The molecule has 2 atom stereocenters. The second-order valence-corrected chi connectivity index (χ2v) is 4.26. The normalized spacial score (nSPS) is 16.0. The lowest BCUT2D eigenvalue weighted by molar-refractivity contribution is -0.0250. The molecule has 90 valence electrons. The molecule has 0 aromatic carbocycles. The maximum absolute atomic E-state index is 12.0. The summed E-state index contributed by atoms with van der Waals surface area (Å²) in [5.74, 6) is 0. The highest BCUT2D eigenvalue weighted by atomic mass is 19.3. The van der Waals surface area contributed by atoms with Gasteiger partial charge in [-0.2, -0.15) is 0 Å². The van der Waals surface area contributed by atoms with Crippen LogP contribution in [0.5, 0.6) is 0 Å². The van der Waals surface area contributed by atoms with E-state index in [9.17, 15) is 13.6 Å². The van der Waals surface area contributed by atoms with Crippen LogP contribution in [0.2, 0.25) is 0 Å². The van der Waals surface area contributed by atoms with E-state index < -0.39 is 30.3 Å². The molecule has 1 amide bonds. The summed E-state index contributed by atoms with van der Waals surface area (Å²) in [6, 6.07) is -1.06. The van der Waals surface area contributed by atoms with Gasteiger partial charge in [-0.1, -0.05) is 0 Å². The van der Waals surface area contributed by atoms with Crippen LogP contribution in [0, 0.1) is 0 Å². The van der Waals surface area contributed by atoms with Crippen LogP contribution >= 0.6 is 0 Å². The molecule has 0 radical (unpaired) electrons. The number of aliphatic hydroxyl groups excluding tert-OH is 1. The Hall–Kier alpha value is -0.910. The molecule has 0 saturated heterocycles. The smallest absolute Gasteiger partial charge is 0.407 e. The summed E-state index contributed by atoms with van der Waals surface area (Å²) in [7, 11) is 0. The highest BCUT2D eigenvalue weighted by Gasteiger charge is 2.26. The number of halogens is 2. The maximum Gasteiger partial charge on any atom is 0.407 e. The van der Waals surface area contributed by atoms with Gasteiger partial charge in [-0.3, -0.25) is 0 Å². The number of ether oxygens (including phenoxy) is 1. The van der Waals surface area contributed by atoms with E-state index in [4.69, 9.17) is 9.84 Å². The first-order chi connectivity index (χ1) is 6.63. The number of amides is 1. The number of rotatable bonds is 3. The molecule has 15 heavy (non-hydrogen) atoms. The first-order valence-corrected chi connectivity index (χ1v) is 4.59. The van der Waals surface area contributed by atoms with E-state index in [1.54, 1.807) is 20.8 Å². The van der Waals surface area contributed by atoms with Gasteiger partial charge in [0.2, 0.25) is 0 Å². The van der Waals surface area contributed by atoms with Gasteiger partial charge in [-0.15, -0.1) is 0 Å². The fraction of sp³-hybridized carbons (Fsp3) is 0.889. The van der Waals surface area contributed by atoms with E-state index in [0.29, 0.717) is 0 Å². The van der Waals surface area contributed by atoms with Crippen LogP contribution in [0.4, 0.5) is 13.6 Å². The minimum absolute atomic E-state index is 0.695. The molecule has 0 aliphatic carbocycles. The Bertz CT molecular complexity index is 216. The lowest BCUT2D eigenvalue weighted by atomic mass is 10.2. The minimum atomic E-state index is -2.89. The van der Waals surface area contributed by atoms with Crippen LogP contribution < -0.4 is 5.32 Å². The van der Waals surface area contributed by atoms with Gasteiger partial charge in [0, 0.05) is 0 Å². The summed E-state index contributed by atoms with van der Waals surface area (Å²) in [4.78, 5) is 11.1. The Morgan fingerprint density at radius 1 is 1.40 bits per heavy atom. The molecule has 0 spiro atoms. The number of aliphatic hydroxyl groups is 1. The number of hydrogen-bond donors (Lipinski definition) is 2. The van der Waals surface area contributed by atoms with Crippen LogP contribution in [0.3, 0.4) is 0 Å². The van der Waals surface area contributed by atoms with E-state index in [-0.39, 0.29) is 0 Å². The van der Waals surface area contributed by atoms with Crippen molar-refractivity contribution in [3.8, 4) is 0 Å². The van der Waals surface area contributed by atoms with Gasteiger partial charge in [0.1, 0.15) is 11.7 Å². The Labute approximate surface area is 87.6 Å². The van der Waals surface area contributed by atoms with Crippen molar-refractivity contribution >= 4 is 6.09 Å². The predicted octanol–water partition coefficient (Wildman–Crippen LogP) is 1.53. The molecule has 0 heterocycles. The van der Waals surface area contributed by atoms with Gasteiger partial charge < -0.3 is 15.2 Å². The van der Waals surface area contributed by atoms with E-state index in [1.165, 1.54) is 6.92 Å². The van der Waals surface area contributed by atoms with Crippen LogP contribution in [-0.4, -0.2) is 35.4 Å². The minimum Gasteiger partial charge on any atom is -0.444 e. The average Bonchev–Trinajstić information content (AvgIpc) is 1.98. The largest absolute Gasteiger partial charge is 0.444 e. The number of alkyl carbamates (subject to hydrolysis) is 1. The molecule has 2 unspecified atom stereocenters. The Balaban J connectivity index is 4.08. The van der Waals surface area contributed by atoms with Crippen LogP contribution in [0.25, 0.3) is 0 Å². The molecule has 6 heteroatoms. The molecular weight excluding hydrogens is 208 g/mol. The lowest BCUT2D eigenvalue weighted by Crippen LogP contribution is -2.46. The van der Waals surface area contributed by atoms with Gasteiger partial charge >= 0.3 is 6.09 Å². The monoisotopic (exact) mass is 225 g/mol. The highest BCUT2D eigenvalue weighted by Crippen LogP contribution is 2.09. The van der Waals surface area contributed by atoms with Crippen LogP contribution in [-0.2, 0) is 4.74 Å². The van der Waals surface area contributed by atoms with Crippen molar-refractivity contribution in [2.75, 3.05) is 0 Å². The van der Waals surface area contributed by atoms with E-state index in [0.717, 1.165) is 0 Å². The molecular formula is C9H17F2NO3. The fourth-order valence-electron chi connectivity index (χ4n) is 0.797. The second kappa shape index (κ2) is 5.25. The second-order valence-electron chi connectivity index (χ2n) is 4.26. The molecule has 0 aliphatic heterocycles. The topological polar surface area (TPSA) is 58.6 Å². The number of nitrogens with one attached hydrogen (secondary N) is 1. The van der Waals surface area contributed by atoms with Crippen molar-refractivity contribution in [3.63, 3.8) is 0 Å². The van der Waals surface area contributed by atoms with E-state index >= 15 is 0 Å². The highest BCUT2D eigenvalue weighted by molar-refractivity contribution is 5.68. The molecule has 0 aromatic rings. The van der Waals surface area contributed by atoms with Crippen molar-refractivity contribution in [2.45, 2.75) is 51.9 Å². The zero-order valence-corrected chi connectivity index (χ0v) is 9.25. The molecule has 0 saturated carbocycles. The summed E-state index contributed by atoms with van der Waals surface area (Å²) in [6.07, 6.45) is -5.61. The zero-order chi connectivity index (χ0) is 12.2. The predicted molar refractivity (Wildman–Crippen MR) is 50.8 cm³/mol. The Morgan fingerprint density at radius 3 is 2.20 bits per heavy atom. The SMILES string of the molecule is CC(NC(=O)OC(C)(C)C)C(O)C(F)F. The summed E-state index contributed by atoms with van der Waals surface area (Å²) in [6.45, 7) is 6.24. The van der Waals surface area contributed by atoms with E-state index in [2.05, 4.69) is 5.32 Å². The van der Waals surface area contributed by atoms with Crippen LogP contribution in [0.15, 0.2) is 0 Å².